The van der Waals surface area contributed by atoms with Crippen LogP contribution in [0.15, 0.2) is 12.1 Å². The van der Waals surface area contributed by atoms with Gasteiger partial charge in [-0.2, -0.15) is 0 Å². The van der Waals surface area contributed by atoms with Crippen molar-refractivity contribution < 1.29 is 15.0 Å². The van der Waals surface area contributed by atoms with Crippen molar-refractivity contribution in [2.24, 2.45) is 5.92 Å². The number of carbonyl (C=O) groups is 1. The van der Waals surface area contributed by atoms with Gasteiger partial charge in [-0.1, -0.05) is 0 Å². The average Bonchev–Trinajstić information content (AvgIpc) is 2.82. The number of hydrogen-bond donors (Lipinski definition) is 3. The van der Waals surface area contributed by atoms with Gasteiger partial charge in [-0.15, -0.1) is 11.3 Å². The van der Waals surface area contributed by atoms with Gasteiger partial charge in [0.1, 0.15) is 0 Å². The SMILES string of the molecule is Cc1ccc(CC(C)NCC2(O)CCC(C(=O)O)CC2)s1. The largest absolute Gasteiger partial charge is 0.481 e. The van der Waals surface area contributed by atoms with E-state index < -0.39 is 11.6 Å². The summed E-state index contributed by atoms with van der Waals surface area (Å²) in [5.74, 6) is -1.01. The summed E-state index contributed by atoms with van der Waals surface area (Å²) in [7, 11) is 0. The summed E-state index contributed by atoms with van der Waals surface area (Å²) >= 11 is 1.81. The van der Waals surface area contributed by atoms with Gasteiger partial charge in [0.2, 0.25) is 0 Å². The van der Waals surface area contributed by atoms with Gasteiger partial charge in [-0.25, -0.2) is 0 Å². The Hall–Kier alpha value is -0.910. The minimum absolute atomic E-state index is 0.281. The molecule has 0 spiro atoms. The first-order chi connectivity index (χ1) is 9.88. The third-order valence-electron chi connectivity index (χ3n) is 4.35. The lowest BCUT2D eigenvalue weighted by atomic mass is 9.78. The van der Waals surface area contributed by atoms with E-state index in [0.717, 1.165) is 6.42 Å². The van der Waals surface area contributed by atoms with Crippen molar-refractivity contribution >= 4 is 17.3 Å². The molecule has 118 valence electrons. The molecule has 0 saturated heterocycles. The molecule has 0 radical (unpaired) electrons. The summed E-state index contributed by atoms with van der Waals surface area (Å²) in [6.07, 6.45) is 3.26. The fourth-order valence-electron chi connectivity index (χ4n) is 2.91. The zero-order chi connectivity index (χ0) is 15.5. The molecule has 1 aromatic rings. The molecule has 5 heteroatoms. The molecule has 0 amide bonds. The summed E-state index contributed by atoms with van der Waals surface area (Å²) in [5.41, 5.74) is -0.744. The minimum atomic E-state index is -0.744. The van der Waals surface area contributed by atoms with Crippen molar-refractivity contribution in [1.29, 1.82) is 0 Å². The van der Waals surface area contributed by atoms with Crippen LogP contribution in [0.5, 0.6) is 0 Å². The Kier molecular flexibility index (Phi) is 5.41. The fraction of sp³-hybridized carbons (Fsp3) is 0.688. The first-order valence-corrected chi connectivity index (χ1v) is 8.43. The third kappa shape index (κ3) is 4.80. The van der Waals surface area contributed by atoms with Gasteiger partial charge in [-0.05, 0) is 58.1 Å². The molecule has 1 unspecified atom stereocenters. The van der Waals surface area contributed by atoms with E-state index in [-0.39, 0.29) is 5.92 Å². The van der Waals surface area contributed by atoms with Crippen LogP contribution in [-0.2, 0) is 11.2 Å². The molecule has 21 heavy (non-hydrogen) atoms. The molecular formula is C16H25NO3S. The van der Waals surface area contributed by atoms with Gasteiger partial charge in [0.05, 0.1) is 11.5 Å². The monoisotopic (exact) mass is 311 g/mol. The Balaban J connectivity index is 1.76. The Labute approximate surface area is 130 Å². The maximum Gasteiger partial charge on any atom is 0.306 e. The van der Waals surface area contributed by atoms with Crippen LogP contribution in [0.2, 0.25) is 0 Å². The number of aliphatic hydroxyl groups is 1. The smallest absolute Gasteiger partial charge is 0.306 e. The number of aliphatic carboxylic acids is 1. The Morgan fingerprint density at radius 1 is 1.48 bits per heavy atom. The van der Waals surface area contributed by atoms with E-state index >= 15 is 0 Å². The number of thiophene rings is 1. The Morgan fingerprint density at radius 2 is 2.14 bits per heavy atom. The number of hydrogen-bond acceptors (Lipinski definition) is 4. The minimum Gasteiger partial charge on any atom is -0.481 e. The number of carboxylic acids is 1. The van der Waals surface area contributed by atoms with E-state index in [9.17, 15) is 9.90 Å². The summed E-state index contributed by atoms with van der Waals surface area (Å²) in [4.78, 5) is 13.6. The van der Waals surface area contributed by atoms with Crippen LogP contribution in [0.1, 0.15) is 42.4 Å². The number of nitrogens with one attached hydrogen (secondary N) is 1. The quantitative estimate of drug-likeness (QED) is 0.755. The van der Waals surface area contributed by atoms with Gasteiger partial charge in [0.25, 0.3) is 0 Å². The fourth-order valence-corrected chi connectivity index (χ4v) is 3.93. The lowest BCUT2D eigenvalue weighted by molar-refractivity contribution is -0.144. The van der Waals surface area contributed by atoms with E-state index in [0.29, 0.717) is 38.3 Å². The zero-order valence-electron chi connectivity index (χ0n) is 12.8. The number of rotatable bonds is 6. The summed E-state index contributed by atoms with van der Waals surface area (Å²) in [6, 6.07) is 4.60. The molecular weight excluding hydrogens is 286 g/mol. The van der Waals surface area contributed by atoms with Crippen LogP contribution in [0.25, 0.3) is 0 Å². The van der Waals surface area contributed by atoms with Crippen molar-refractivity contribution in [3.63, 3.8) is 0 Å². The standard InChI is InChI=1S/C16H25NO3S/c1-11(9-14-4-3-12(2)21-14)17-10-16(20)7-5-13(6-8-16)15(18)19/h3-4,11,13,17,20H,5-10H2,1-2H3,(H,18,19). The van der Waals surface area contributed by atoms with Gasteiger partial charge in [-0.3, -0.25) is 4.79 Å². The highest BCUT2D eigenvalue weighted by atomic mass is 32.1. The molecule has 0 aromatic carbocycles. The van der Waals surface area contributed by atoms with Crippen molar-refractivity contribution in [2.45, 2.75) is 57.6 Å². The molecule has 3 N–H and O–H groups in total. The normalized spacial score (nSPS) is 27.5. The van der Waals surface area contributed by atoms with E-state index in [1.54, 1.807) is 0 Å². The van der Waals surface area contributed by atoms with Crippen LogP contribution >= 0.6 is 11.3 Å². The highest BCUT2D eigenvalue weighted by Gasteiger charge is 2.35. The molecule has 1 aliphatic carbocycles. The van der Waals surface area contributed by atoms with E-state index in [4.69, 9.17) is 5.11 Å². The predicted octanol–water partition coefficient (Wildman–Crippen LogP) is 2.58. The van der Waals surface area contributed by atoms with Gasteiger partial charge in [0, 0.05) is 22.3 Å². The molecule has 1 fully saturated rings. The lowest BCUT2D eigenvalue weighted by Crippen LogP contribution is -2.47. The Morgan fingerprint density at radius 3 is 2.67 bits per heavy atom. The Bertz CT molecular complexity index is 478. The molecule has 1 heterocycles. The molecule has 4 nitrogen and oxygen atoms in total. The van der Waals surface area contributed by atoms with Gasteiger partial charge in [0.15, 0.2) is 0 Å². The summed E-state index contributed by atoms with van der Waals surface area (Å²) in [5, 5.41) is 22.9. The molecule has 1 aliphatic rings. The first-order valence-electron chi connectivity index (χ1n) is 7.62. The van der Waals surface area contributed by atoms with Crippen LogP contribution < -0.4 is 5.32 Å². The second-order valence-electron chi connectivity index (χ2n) is 6.34. The molecule has 1 saturated carbocycles. The van der Waals surface area contributed by atoms with E-state index in [1.807, 2.05) is 11.3 Å². The van der Waals surface area contributed by atoms with Crippen LogP contribution in [0, 0.1) is 12.8 Å². The maximum absolute atomic E-state index is 10.9. The third-order valence-corrected chi connectivity index (χ3v) is 5.37. The second-order valence-corrected chi connectivity index (χ2v) is 7.71. The summed E-state index contributed by atoms with van der Waals surface area (Å²) < 4.78 is 0. The van der Waals surface area contributed by atoms with Crippen molar-refractivity contribution in [3.05, 3.63) is 21.9 Å². The predicted molar refractivity (Wildman–Crippen MR) is 84.8 cm³/mol. The second kappa shape index (κ2) is 6.90. The highest BCUT2D eigenvalue weighted by Crippen LogP contribution is 2.32. The topological polar surface area (TPSA) is 69.6 Å². The lowest BCUT2D eigenvalue weighted by Gasteiger charge is -2.35. The molecule has 0 bridgehead atoms. The highest BCUT2D eigenvalue weighted by molar-refractivity contribution is 7.11. The molecule has 0 aliphatic heterocycles. The van der Waals surface area contributed by atoms with Crippen LogP contribution in [-0.4, -0.2) is 34.4 Å². The summed E-state index contributed by atoms with van der Waals surface area (Å²) in [6.45, 7) is 4.78. The number of aryl methyl sites for hydroxylation is 1. The molecule has 1 aromatic heterocycles. The average molecular weight is 311 g/mol. The first kappa shape index (κ1) is 16.5. The van der Waals surface area contributed by atoms with Gasteiger partial charge >= 0.3 is 5.97 Å². The molecule has 2 rings (SSSR count). The van der Waals surface area contributed by atoms with E-state index in [2.05, 4.69) is 31.3 Å². The zero-order valence-corrected chi connectivity index (χ0v) is 13.6. The van der Waals surface area contributed by atoms with Crippen molar-refractivity contribution in [2.75, 3.05) is 6.54 Å². The van der Waals surface area contributed by atoms with E-state index in [1.165, 1.54) is 9.75 Å². The molecule has 1 atom stereocenters. The number of carboxylic acid groups (broad SMARTS) is 1. The maximum atomic E-state index is 10.9. The van der Waals surface area contributed by atoms with Crippen LogP contribution in [0.4, 0.5) is 0 Å². The van der Waals surface area contributed by atoms with Crippen molar-refractivity contribution in [1.82, 2.24) is 5.32 Å². The van der Waals surface area contributed by atoms with Crippen LogP contribution in [0.3, 0.4) is 0 Å². The van der Waals surface area contributed by atoms with Crippen molar-refractivity contribution in [3.8, 4) is 0 Å². The van der Waals surface area contributed by atoms with Gasteiger partial charge < -0.3 is 15.5 Å².